The van der Waals surface area contributed by atoms with Crippen molar-refractivity contribution >= 4 is 48.7 Å². The van der Waals surface area contributed by atoms with Gasteiger partial charge in [-0.25, -0.2) is 8.42 Å². The van der Waals surface area contributed by atoms with Crippen LogP contribution in [0.4, 0.5) is 11.4 Å². The van der Waals surface area contributed by atoms with E-state index in [1.54, 1.807) is 18.2 Å². The van der Waals surface area contributed by atoms with Crippen molar-refractivity contribution in [1.29, 1.82) is 0 Å². The molecule has 0 aliphatic heterocycles. The zero-order valence-electron chi connectivity index (χ0n) is 17.5. The quantitative estimate of drug-likeness (QED) is 0.391. The predicted octanol–water partition coefficient (Wildman–Crippen LogP) is 5.61. The van der Waals surface area contributed by atoms with Crippen molar-refractivity contribution < 1.29 is 13.2 Å². The first kappa shape index (κ1) is 20.7. The van der Waals surface area contributed by atoms with E-state index in [9.17, 15) is 13.2 Å². The van der Waals surface area contributed by atoms with E-state index in [1.807, 2.05) is 24.3 Å². The van der Waals surface area contributed by atoms with Crippen molar-refractivity contribution in [2.24, 2.45) is 0 Å². The second-order valence-electron chi connectivity index (χ2n) is 8.22. The van der Waals surface area contributed by atoms with Crippen molar-refractivity contribution in [3.63, 3.8) is 0 Å². The molecule has 0 saturated heterocycles. The molecule has 1 saturated carbocycles. The molecule has 0 unspecified atom stereocenters. The topological polar surface area (TPSA) is 75.3 Å². The van der Waals surface area contributed by atoms with Gasteiger partial charge in [0.2, 0.25) is 10.0 Å². The molecule has 0 bridgehead atoms. The fourth-order valence-corrected chi connectivity index (χ4v) is 5.64. The lowest BCUT2D eigenvalue weighted by Crippen LogP contribution is -2.12. The number of rotatable bonds is 6. The molecule has 1 aromatic heterocycles. The smallest absolute Gasteiger partial charge is 0.265 e. The molecule has 1 heterocycles. The average Bonchev–Trinajstić information content (AvgIpc) is 3.47. The number of anilines is 2. The summed E-state index contributed by atoms with van der Waals surface area (Å²) in [6, 6.07) is 25.6. The molecule has 0 radical (unpaired) electrons. The van der Waals surface area contributed by atoms with Gasteiger partial charge in [-0.2, -0.15) is 0 Å². The highest BCUT2D eigenvalue weighted by molar-refractivity contribution is 7.92. The molecule has 1 aliphatic carbocycles. The van der Waals surface area contributed by atoms with E-state index in [-0.39, 0.29) is 11.3 Å². The Labute approximate surface area is 191 Å². The molecule has 1 amide bonds. The molecular weight excluding hydrogens is 440 g/mol. The van der Waals surface area contributed by atoms with Gasteiger partial charge in [-0.3, -0.25) is 9.52 Å². The summed E-state index contributed by atoms with van der Waals surface area (Å²) >= 11 is 1.38. The van der Waals surface area contributed by atoms with Crippen LogP contribution in [0.5, 0.6) is 0 Å². The largest absolute Gasteiger partial charge is 0.321 e. The number of benzene rings is 3. The molecule has 1 aliphatic rings. The van der Waals surface area contributed by atoms with E-state index < -0.39 is 10.0 Å². The van der Waals surface area contributed by atoms with Gasteiger partial charge in [0.05, 0.1) is 11.1 Å². The molecule has 3 aromatic carbocycles. The number of carbonyl (C=O) groups is 1. The Morgan fingerprint density at radius 1 is 0.875 bits per heavy atom. The summed E-state index contributed by atoms with van der Waals surface area (Å²) in [7, 11) is -3.35. The number of amides is 1. The maximum atomic E-state index is 12.9. The number of carbonyl (C=O) groups excluding carboxylic acids is 1. The van der Waals surface area contributed by atoms with Gasteiger partial charge >= 0.3 is 0 Å². The van der Waals surface area contributed by atoms with Crippen LogP contribution in [-0.4, -0.2) is 20.6 Å². The molecule has 4 aromatic rings. The standard InChI is InChI=1S/C25H22N2O3S2/c1-32(29,30)27-21-10-11-22-17(14-21)15-23(31-22)24(28)26-20-9-5-8-19(16-20)25(12-13-25)18-6-3-2-4-7-18/h2-11,14-16,27H,12-13H2,1H3,(H,26,28). The summed E-state index contributed by atoms with van der Waals surface area (Å²) in [5.41, 5.74) is 3.82. The van der Waals surface area contributed by atoms with E-state index in [1.165, 1.54) is 22.5 Å². The zero-order valence-corrected chi connectivity index (χ0v) is 19.1. The monoisotopic (exact) mass is 462 g/mol. The Morgan fingerprint density at radius 2 is 1.62 bits per heavy atom. The van der Waals surface area contributed by atoms with Gasteiger partial charge in [-0.15, -0.1) is 11.3 Å². The first-order valence-corrected chi connectivity index (χ1v) is 13.0. The predicted molar refractivity (Wildman–Crippen MR) is 131 cm³/mol. The van der Waals surface area contributed by atoms with Crippen LogP contribution in [0.3, 0.4) is 0 Å². The van der Waals surface area contributed by atoms with Crippen LogP contribution in [0.15, 0.2) is 78.9 Å². The number of hydrogen-bond donors (Lipinski definition) is 2. The minimum atomic E-state index is -3.35. The third-order valence-corrected chi connectivity index (χ3v) is 7.51. The molecule has 7 heteroatoms. The van der Waals surface area contributed by atoms with Crippen LogP contribution in [-0.2, 0) is 15.4 Å². The molecule has 32 heavy (non-hydrogen) atoms. The van der Waals surface area contributed by atoms with E-state index >= 15 is 0 Å². The Hall–Kier alpha value is -3.16. The van der Waals surface area contributed by atoms with Gasteiger partial charge in [0.25, 0.3) is 5.91 Å². The summed E-state index contributed by atoms with van der Waals surface area (Å²) < 4.78 is 26.3. The lowest BCUT2D eigenvalue weighted by molar-refractivity contribution is 0.103. The molecule has 5 rings (SSSR count). The van der Waals surface area contributed by atoms with Crippen LogP contribution in [0.2, 0.25) is 0 Å². The molecule has 0 atom stereocenters. The summed E-state index contributed by atoms with van der Waals surface area (Å²) in [5.74, 6) is -0.175. The van der Waals surface area contributed by atoms with Crippen molar-refractivity contribution in [3.05, 3.63) is 94.9 Å². The van der Waals surface area contributed by atoms with Crippen LogP contribution >= 0.6 is 11.3 Å². The van der Waals surface area contributed by atoms with E-state index in [4.69, 9.17) is 0 Å². The maximum Gasteiger partial charge on any atom is 0.265 e. The van der Waals surface area contributed by atoms with Gasteiger partial charge in [-0.05, 0) is 65.8 Å². The minimum Gasteiger partial charge on any atom is -0.321 e. The fourth-order valence-electron chi connectivity index (χ4n) is 4.15. The van der Waals surface area contributed by atoms with Crippen LogP contribution in [0, 0.1) is 0 Å². The second kappa shape index (κ2) is 7.76. The van der Waals surface area contributed by atoms with Crippen molar-refractivity contribution in [3.8, 4) is 0 Å². The van der Waals surface area contributed by atoms with Gasteiger partial charge < -0.3 is 5.32 Å². The van der Waals surface area contributed by atoms with Gasteiger partial charge in [0.15, 0.2) is 0 Å². The molecule has 1 fully saturated rings. The average molecular weight is 463 g/mol. The zero-order chi connectivity index (χ0) is 22.3. The van der Waals surface area contributed by atoms with E-state index in [0.29, 0.717) is 10.6 Å². The molecule has 162 valence electrons. The van der Waals surface area contributed by atoms with E-state index in [2.05, 4.69) is 46.4 Å². The number of hydrogen-bond acceptors (Lipinski definition) is 4. The van der Waals surface area contributed by atoms with Gasteiger partial charge in [-0.1, -0.05) is 42.5 Å². The number of nitrogens with one attached hydrogen (secondary N) is 2. The Balaban J connectivity index is 1.38. The van der Waals surface area contributed by atoms with E-state index in [0.717, 1.165) is 34.9 Å². The van der Waals surface area contributed by atoms with Gasteiger partial charge in [0.1, 0.15) is 0 Å². The fraction of sp³-hybridized carbons (Fsp3) is 0.160. The normalized spacial score (nSPS) is 14.8. The number of fused-ring (bicyclic) bond motifs is 1. The Bertz CT molecular complexity index is 1420. The third-order valence-electron chi connectivity index (χ3n) is 5.79. The number of thiophene rings is 1. The first-order valence-electron chi connectivity index (χ1n) is 10.3. The lowest BCUT2D eigenvalue weighted by atomic mass is 9.88. The minimum absolute atomic E-state index is 0.0443. The maximum absolute atomic E-state index is 12.9. The van der Waals surface area contributed by atoms with Crippen molar-refractivity contribution in [2.75, 3.05) is 16.3 Å². The summed E-state index contributed by atoms with van der Waals surface area (Å²) in [5, 5.41) is 3.85. The first-order chi connectivity index (χ1) is 15.3. The van der Waals surface area contributed by atoms with Crippen LogP contribution < -0.4 is 10.0 Å². The lowest BCUT2D eigenvalue weighted by Gasteiger charge is -2.17. The van der Waals surface area contributed by atoms with Crippen molar-refractivity contribution in [2.45, 2.75) is 18.3 Å². The summed E-state index contributed by atoms with van der Waals surface area (Å²) in [6.45, 7) is 0. The molecule has 0 spiro atoms. The van der Waals surface area contributed by atoms with Gasteiger partial charge in [0, 0.05) is 21.5 Å². The van der Waals surface area contributed by atoms with Crippen LogP contribution in [0.1, 0.15) is 33.6 Å². The Morgan fingerprint density at radius 3 is 2.34 bits per heavy atom. The van der Waals surface area contributed by atoms with Crippen molar-refractivity contribution in [1.82, 2.24) is 0 Å². The highest BCUT2D eigenvalue weighted by Gasteiger charge is 2.45. The SMILES string of the molecule is CS(=O)(=O)Nc1ccc2sc(C(=O)Nc3cccc(C4(c5ccccc5)CC4)c3)cc2c1. The molecular formula is C25H22N2O3S2. The highest BCUT2D eigenvalue weighted by atomic mass is 32.2. The number of sulfonamides is 1. The van der Waals surface area contributed by atoms with Crippen LogP contribution in [0.25, 0.3) is 10.1 Å². The third kappa shape index (κ3) is 4.13. The highest BCUT2D eigenvalue weighted by Crippen LogP contribution is 2.53. The molecule has 2 N–H and O–H groups in total. The second-order valence-corrected chi connectivity index (χ2v) is 11.1. The summed E-state index contributed by atoms with van der Waals surface area (Å²) in [4.78, 5) is 13.5. The Kier molecular flexibility index (Phi) is 5.03. The molecule has 5 nitrogen and oxygen atoms in total. The summed E-state index contributed by atoms with van der Waals surface area (Å²) in [6.07, 6.45) is 3.32.